The number of hydrogen-bond donors (Lipinski definition) is 3. The molecule has 0 bridgehead atoms. The van der Waals surface area contributed by atoms with Crippen LogP contribution < -0.4 is 15.5 Å². The Bertz CT molecular complexity index is 1550. The van der Waals surface area contributed by atoms with Gasteiger partial charge in [0.2, 0.25) is 0 Å². The highest BCUT2D eigenvalue weighted by Crippen LogP contribution is 2.28. The van der Waals surface area contributed by atoms with Crippen molar-refractivity contribution in [1.82, 2.24) is 15.6 Å². The number of hydrogen-bond acceptors (Lipinski definition) is 6. The number of phenols is 1. The molecule has 1 fully saturated rings. The lowest BCUT2D eigenvalue weighted by Gasteiger charge is -2.32. The first-order valence-corrected chi connectivity index (χ1v) is 13.9. The predicted octanol–water partition coefficient (Wildman–Crippen LogP) is 5.12. The number of aromatic hydroxyl groups is 1. The molecule has 0 radical (unpaired) electrons. The van der Waals surface area contributed by atoms with E-state index in [2.05, 4.69) is 45.0 Å². The SMILES string of the molecule is O=C(COc1ccc(/C=N/NC(=O)c2ccc(O)c(Cl)c2)c2ccccc12)NC1CCN(Cc2ccccc2)CC1. The molecule has 1 aliphatic heterocycles. The van der Waals surface area contributed by atoms with Gasteiger partial charge in [0.1, 0.15) is 11.5 Å². The van der Waals surface area contributed by atoms with E-state index in [1.54, 1.807) is 12.3 Å². The summed E-state index contributed by atoms with van der Waals surface area (Å²) >= 11 is 5.89. The van der Waals surface area contributed by atoms with Crippen LogP contribution in [0.4, 0.5) is 0 Å². The zero-order valence-corrected chi connectivity index (χ0v) is 23.2. The molecule has 0 atom stereocenters. The van der Waals surface area contributed by atoms with Crippen LogP contribution in [-0.4, -0.2) is 53.8 Å². The van der Waals surface area contributed by atoms with E-state index in [1.165, 1.54) is 23.8 Å². The average Bonchev–Trinajstić information content (AvgIpc) is 2.99. The number of nitrogens with one attached hydrogen (secondary N) is 2. The number of phenolic OH excluding ortho intramolecular Hbond substituents is 1. The number of carbonyl (C=O) groups is 2. The molecule has 9 heteroatoms. The smallest absolute Gasteiger partial charge is 0.271 e. The zero-order valence-electron chi connectivity index (χ0n) is 22.4. The van der Waals surface area contributed by atoms with E-state index in [-0.39, 0.29) is 34.9 Å². The van der Waals surface area contributed by atoms with Gasteiger partial charge in [-0.05, 0) is 54.1 Å². The fraction of sp³-hybridized carbons (Fsp3) is 0.219. The Morgan fingerprint density at radius 2 is 1.71 bits per heavy atom. The van der Waals surface area contributed by atoms with Crippen molar-refractivity contribution < 1.29 is 19.4 Å². The molecule has 1 heterocycles. The lowest BCUT2D eigenvalue weighted by atomic mass is 10.0. The molecule has 41 heavy (non-hydrogen) atoms. The van der Waals surface area contributed by atoms with Gasteiger partial charge >= 0.3 is 0 Å². The van der Waals surface area contributed by atoms with Crippen LogP contribution in [0.5, 0.6) is 11.5 Å². The maximum absolute atomic E-state index is 12.7. The molecule has 0 aromatic heterocycles. The minimum absolute atomic E-state index is 0.0765. The first kappa shape index (κ1) is 28.1. The average molecular weight is 571 g/mol. The maximum atomic E-state index is 12.7. The number of rotatable bonds is 9. The predicted molar refractivity (Wildman–Crippen MR) is 161 cm³/mol. The summed E-state index contributed by atoms with van der Waals surface area (Å²) in [6.07, 6.45) is 3.36. The van der Waals surface area contributed by atoms with Crippen molar-refractivity contribution in [3.8, 4) is 11.5 Å². The molecule has 210 valence electrons. The molecule has 4 aromatic rings. The van der Waals surface area contributed by atoms with Crippen molar-refractivity contribution in [2.75, 3.05) is 19.7 Å². The number of amides is 2. The molecule has 0 spiro atoms. The Labute approximate surface area is 243 Å². The summed E-state index contributed by atoms with van der Waals surface area (Å²) in [4.78, 5) is 27.5. The van der Waals surface area contributed by atoms with Crippen LogP contribution in [0.2, 0.25) is 5.02 Å². The van der Waals surface area contributed by atoms with Crippen molar-refractivity contribution in [1.29, 1.82) is 0 Å². The summed E-state index contributed by atoms with van der Waals surface area (Å²) in [5, 5.41) is 18.5. The topological polar surface area (TPSA) is 103 Å². The lowest BCUT2D eigenvalue weighted by Crippen LogP contribution is -2.45. The summed E-state index contributed by atoms with van der Waals surface area (Å²) in [7, 11) is 0. The third kappa shape index (κ3) is 7.42. The first-order chi connectivity index (χ1) is 20.0. The number of ether oxygens (including phenoxy) is 1. The Balaban J connectivity index is 1.14. The molecule has 0 saturated carbocycles. The second-order valence-electron chi connectivity index (χ2n) is 9.96. The Kier molecular flexibility index (Phi) is 9.13. The summed E-state index contributed by atoms with van der Waals surface area (Å²) < 4.78 is 5.93. The van der Waals surface area contributed by atoms with Crippen molar-refractivity contribution in [3.05, 3.63) is 107 Å². The van der Waals surface area contributed by atoms with Gasteiger partial charge in [-0.25, -0.2) is 5.43 Å². The molecule has 2 amide bonds. The fourth-order valence-corrected chi connectivity index (χ4v) is 5.08. The van der Waals surface area contributed by atoms with Crippen LogP contribution in [0.25, 0.3) is 10.8 Å². The molecule has 3 N–H and O–H groups in total. The minimum atomic E-state index is -0.458. The highest BCUT2D eigenvalue weighted by Gasteiger charge is 2.21. The van der Waals surface area contributed by atoms with Gasteiger partial charge in [-0.15, -0.1) is 0 Å². The second-order valence-corrected chi connectivity index (χ2v) is 10.4. The number of fused-ring (bicyclic) bond motifs is 1. The Hall–Kier alpha value is -4.40. The van der Waals surface area contributed by atoms with E-state index in [0.29, 0.717) is 5.75 Å². The van der Waals surface area contributed by atoms with Gasteiger partial charge < -0.3 is 15.2 Å². The number of halogens is 1. The van der Waals surface area contributed by atoms with Crippen molar-refractivity contribution >= 4 is 40.4 Å². The van der Waals surface area contributed by atoms with E-state index >= 15 is 0 Å². The van der Waals surface area contributed by atoms with Crippen molar-refractivity contribution in [2.45, 2.75) is 25.4 Å². The third-order valence-electron chi connectivity index (χ3n) is 7.06. The van der Waals surface area contributed by atoms with Gasteiger partial charge in [-0.3, -0.25) is 14.5 Å². The van der Waals surface area contributed by atoms with Crippen LogP contribution in [-0.2, 0) is 11.3 Å². The Morgan fingerprint density at radius 3 is 2.46 bits per heavy atom. The molecule has 1 aliphatic rings. The van der Waals surface area contributed by atoms with Gasteiger partial charge in [0, 0.05) is 42.2 Å². The molecule has 0 unspecified atom stereocenters. The third-order valence-corrected chi connectivity index (χ3v) is 7.36. The minimum Gasteiger partial charge on any atom is -0.506 e. The highest BCUT2D eigenvalue weighted by molar-refractivity contribution is 6.32. The van der Waals surface area contributed by atoms with Gasteiger partial charge in [0.15, 0.2) is 6.61 Å². The highest BCUT2D eigenvalue weighted by atomic mass is 35.5. The normalized spacial score (nSPS) is 14.3. The molecular weight excluding hydrogens is 540 g/mol. The van der Waals surface area contributed by atoms with E-state index in [9.17, 15) is 14.7 Å². The number of piperidine rings is 1. The lowest BCUT2D eigenvalue weighted by molar-refractivity contribution is -0.124. The molecule has 0 aliphatic carbocycles. The van der Waals surface area contributed by atoms with Crippen LogP contribution in [0.15, 0.2) is 90.0 Å². The summed E-state index contributed by atoms with van der Waals surface area (Å²) in [5.41, 5.74) is 4.81. The largest absolute Gasteiger partial charge is 0.506 e. The van der Waals surface area contributed by atoms with E-state index < -0.39 is 5.91 Å². The van der Waals surface area contributed by atoms with Crippen LogP contribution in [0.1, 0.15) is 34.3 Å². The number of benzene rings is 4. The molecule has 8 nitrogen and oxygen atoms in total. The van der Waals surface area contributed by atoms with Crippen LogP contribution >= 0.6 is 11.6 Å². The van der Waals surface area contributed by atoms with Gasteiger partial charge in [-0.1, -0.05) is 66.2 Å². The quantitative estimate of drug-likeness (QED) is 0.191. The summed E-state index contributed by atoms with van der Waals surface area (Å²) in [6, 6.07) is 26.0. The zero-order chi connectivity index (χ0) is 28.6. The summed E-state index contributed by atoms with van der Waals surface area (Å²) in [6.45, 7) is 2.74. The molecular formula is C32H31ClN4O4. The number of hydrazone groups is 1. The number of carbonyl (C=O) groups excluding carboxylic acids is 2. The number of nitrogens with zero attached hydrogens (tertiary/aromatic N) is 2. The fourth-order valence-electron chi connectivity index (χ4n) is 4.90. The standard InChI is InChI=1S/C32H31ClN4O4/c33-28-18-23(10-12-29(28)38)32(40)36-34-19-24-11-13-30(27-9-5-4-8-26(24)27)41-21-31(39)35-25-14-16-37(17-15-25)20-22-6-2-1-3-7-22/h1-13,18-19,25,38H,14-17,20-21H2,(H,35,39)(H,36,40)/b34-19+. The number of likely N-dealkylation sites (tertiary alicyclic amines) is 1. The second kappa shape index (κ2) is 13.3. The monoisotopic (exact) mass is 570 g/mol. The van der Waals surface area contributed by atoms with Crippen LogP contribution in [0.3, 0.4) is 0 Å². The van der Waals surface area contributed by atoms with E-state index in [0.717, 1.165) is 48.8 Å². The van der Waals surface area contributed by atoms with Gasteiger partial charge in [-0.2, -0.15) is 5.10 Å². The van der Waals surface area contributed by atoms with Crippen molar-refractivity contribution in [2.24, 2.45) is 5.10 Å². The first-order valence-electron chi connectivity index (χ1n) is 13.5. The van der Waals surface area contributed by atoms with E-state index in [1.807, 2.05) is 36.4 Å². The Morgan fingerprint density at radius 1 is 0.976 bits per heavy atom. The van der Waals surface area contributed by atoms with Crippen molar-refractivity contribution in [3.63, 3.8) is 0 Å². The summed E-state index contributed by atoms with van der Waals surface area (Å²) in [5.74, 6) is -0.107. The van der Waals surface area contributed by atoms with E-state index in [4.69, 9.17) is 16.3 Å². The molecule has 4 aromatic carbocycles. The molecule has 1 saturated heterocycles. The van der Waals surface area contributed by atoms with Crippen LogP contribution in [0, 0.1) is 0 Å². The van der Waals surface area contributed by atoms with Gasteiger partial charge in [0.25, 0.3) is 11.8 Å². The maximum Gasteiger partial charge on any atom is 0.271 e. The van der Waals surface area contributed by atoms with Gasteiger partial charge in [0.05, 0.1) is 11.2 Å². The molecule has 5 rings (SSSR count).